The molecule has 0 saturated heterocycles. The highest BCUT2D eigenvalue weighted by Crippen LogP contribution is 2.18. The molecular formula is C22H24N2O3S. The molecule has 0 spiro atoms. The zero-order valence-electron chi connectivity index (χ0n) is 16.1. The van der Waals surface area contributed by atoms with E-state index in [2.05, 4.69) is 4.98 Å². The maximum atomic E-state index is 12.7. The highest BCUT2D eigenvalue weighted by Gasteiger charge is 2.12. The van der Waals surface area contributed by atoms with Crippen LogP contribution in [-0.4, -0.2) is 36.0 Å². The van der Waals surface area contributed by atoms with Crippen molar-refractivity contribution in [3.63, 3.8) is 0 Å². The monoisotopic (exact) mass is 396 g/mol. The van der Waals surface area contributed by atoms with Crippen LogP contribution in [0.25, 0.3) is 0 Å². The normalized spacial score (nSPS) is 10.5. The highest BCUT2D eigenvalue weighted by molar-refractivity contribution is 7.07. The fourth-order valence-corrected chi connectivity index (χ4v) is 3.25. The van der Waals surface area contributed by atoms with Crippen molar-refractivity contribution >= 4 is 17.2 Å². The molecule has 0 radical (unpaired) electrons. The number of hydrogen-bond acceptors (Lipinski definition) is 5. The number of aromatic nitrogens is 1. The van der Waals surface area contributed by atoms with E-state index in [1.165, 1.54) is 11.3 Å². The quantitative estimate of drug-likeness (QED) is 0.497. The Hall–Kier alpha value is -2.86. The zero-order valence-corrected chi connectivity index (χ0v) is 16.9. The van der Waals surface area contributed by atoms with Crippen molar-refractivity contribution in [2.24, 2.45) is 0 Å². The molecule has 2 aromatic carbocycles. The minimum atomic E-state index is -0.0324. The van der Waals surface area contributed by atoms with Gasteiger partial charge in [0.1, 0.15) is 18.1 Å². The predicted molar refractivity (Wildman–Crippen MR) is 111 cm³/mol. The van der Waals surface area contributed by atoms with Crippen LogP contribution in [0.2, 0.25) is 0 Å². The second-order valence-corrected chi connectivity index (χ2v) is 7.21. The Balaban J connectivity index is 1.47. The van der Waals surface area contributed by atoms with E-state index in [9.17, 15) is 4.79 Å². The van der Waals surface area contributed by atoms with E-state index in [1.807, 2.05) is 48.7 Å². The maximum Gasteiger partial charge on any atom is 0.253 e. The Kier molecular flexibility index (Phi) is 7.03. The minimum absolute atomic E-state index is 0.0324. The van der Waals surface area contributed by atoms with Gasteiger partial charge in [0.05, 0.1) is 17.8 Å². The molecule has 1 aromatic heterocycles. The summed E-state index contributed by atoms with van der Waals surface area (Å²) in [6.07, 6.45) is 0.761. The lowest BCUT2D eigenvalue weighted by Crippen LogP contribution is -2.28. The smallest absolute Gasteiger partial charge is 0.253 e. The number of carbonyl (C=O) groups excluding carboxylic acids is 1. The molecule has 6 heteroatoms. The fourth-order valence-electron chi connectivity index (χ4n) is 2.71. The van der Waals surface area contributed by atoms with Gasteiger partial charge in [-0.25, -0.2) is 4.98 Å². The number of thiazole rings is 1. The highest BCUT2D eigenvalue weighted by atomic mass is 32.1. The third kappa shape index (κ3) is 5.57. The average Bonchev–Trinajstić information content (AvgIpc) is 3.24. The van der Waals surface area contributed by atoms with Crippen LogP contribution in [-0.2, 0) is 6.61 Å². The van der Waals surface area contributed by atoms with Crippen LogP contribution in [0.5, 0.6) is 11.5 Å². The van der Waals surface area contributed by atoms with Gasteiger partial charge in [-0.05, 0) is 43.2 Å². The minimum Gasteiger partial charge on any atom is -0.493 e. The van der Waals surface area contributed by atoms with Crippen molar-refractivity contribution in [2.75, 3.05) is 20.2 Å². The van der Waals surface area contributed by atoms with Crippen molar-refractivity contribution in [3.8, 4) is 11.5 Å². The van der Waals surface area contributed by atoms with Crippen molar-refractivity contribution in [1.82, 2.24) is 9.88 Å². The molecule has 5 nitrogen and oxygen atoms in total. The Bertz CT molecular complexity index is 896. The number of amides is 1. The summed E-state index contributed by atoms with van der Waals surface area (Å²) >= 11 is 1.53. The van der Waals surface area contributed by atoms with E-state index in [0.29, 0.717) is 31.1 Å². The zero-order chi connectivity index (χ0) is 19.8. The number of aryl methyl sites for hydroxylation is 1. The summed E-state index contributed by atoms with van der Waals surface area (Å²) in [5.41, 5.74) is 4.38. The molecule has 1 amide bonds. The molecule has 0 bridgehead atoms. The van der Waals surface area contributed by atoms with Gasteiger partial charge in [0.25, 0.3) is 5.91 Å². The molecule has 0 aliphatic rings. The number of rotatable bonds is 9. The van der Waals surface area contributed by atoms with Crippen LogP contribution in [0.1, 0.15) is 28.0 Å². The Morgan fingerprint density at radius 2 is 2.00 bits per heavy atom. The molecule has 0 saturated carbocycles. The van der Waals surface area contributed by atoms with Crippen LogP contribution < -0.4 is 9.47 Å². The number of ether oxygens (including phenoxy) is 2. The van der Waals surface area contributed by atoms with E-state index in [4.69, 9.17) is 9.47 Å². The molecule has 3 rings (SSSR count). The standard InChI is InChI=1S/C22H24N2O3S/c1-17-7-3-4-10-21(17)26-12-6-11-24(2)22(25)18-8-5-9-20(13-18)27-14-19-15-28-16-23-19/h3-5,7-10,13,15-16H,6,11-12,14H2,1-2H3. The van der Waals surface area contributed by atoms with Crippen molar-refractivity contribution < 1.29 is 14.3 Å². The summed E-state index contributed by atoms with van der Waals surface area (Å²) in [5, 5.41) is 1.95. The third-order valence-electron chi connectivity index (χ3n) is 4.29. The summed E-state index contributed by atoms with van der Waals surface area (Å²) in [5.74, 6) is 1.52. The van der Waals surface area contributed by atoms with Crippen LogP contribution in [0.15, 0.2) is 59.4 Å². The lowest BCUT2D eigenvalue weighted by atomic mass is 10.2. The first-order valence-corrected chi connectivity index (χ1v) is 10.1. The van der Waals surface area contributed by atoms with E-state index >= 15 is 0 Å². The number of carbonyl (C=O) groups is 1. The first-order chi connectivity index (χ1) is 13.6. The number of nitrogens with zero attached hydrogens (tertiary/aromatic N) is 2. The van der Waals surface area contributed by atoms with Crippen molar-refractivity contribution in [2.45, 2.75) is 20.0 Å². The summed E-state index contributed by atoms with van der Waals surface area (Å²) in [6, 6.07) is 15.2. The first kappa shape index (κ1) is 19.9. The van der Waals surface area contributed by atoms with E-state index < -0.39 is 0 Å². The van der Waals surface area contributed by atoms with Gasteiger partial charge in [-0.1, -0.05) is 24.3 Å². The van der Waals surface area contributed by atoms with Crippen LogP contribution >= 0.6 is 11.3 Å². The van der Waals surface area contributed by atoms with Gasteiger partial charge < -0.3 is 14.4 Å². The molecule has 0 atom stereocenters. The molecule has 146 valence electrons. The summed E-state index contributed by atoms with van der Waals surface area (Å²) in [7, 11) is 1.80. The second-order valence-electron chi connectivity index (χ2n) is 6.49. The van der Waals surface area contributed by atoms with E-state index in [-0.39, 0.29) is 5.91 Å². The molecule has 0 aliphatic heterocycles. The van der Waals surface area contributed by atoms with Crippen LogP contribution in [0.3, 0.4) is 0 Å². The molecule has 0 unspecified atom stereocenters. The first-order valence-electron chi connectivity index (χ1n) is 9.17. The Labute approximate surface area is 169 Å². The van der Waals surface area contributed by atoms with Gasteiger partial charge in [-0.2, -0.15) is 0 Å². The average molecular weight is 397 g/mol. The predicted octanol–water partition coefficient (Wildman–Crippen LogP) is 4.57. The van der Waals surface area contributed by atoms with Gasteiger partial charge in [0, 0.05) is 24.5 Å². The van der Waals surface area contributed by atoms with E-state index in [1.54, 1.807) is 29.6 Å². The van der Waals surface area contributed by atoms with Gasteiger partial charge >= 0.3 is 0 Å². The molecular weight excluding hydrogens is 372 g/mol. The molecule has 0 aliphatic carbocycles. The number of para-hydroxylation sites is 1. The number of hydrogen-bond donors (Lipinski definition) is 0. The second kappa shape index (κ2) is 9.90. The maximum absolute atomic E-state index is 12.7. The fraction of sp³-hybridized carbons (Fsp3) is 0.273. The Morgan fingerprint density at radius 1 is 1.14 bits per heavy atom. The van der Waals surface area contributed by atoms with Gasteiger partial charge in [-0.15, -0.1) is 11.3 Å². The number of benzene rings is 2. The summed E-state index contributed by atoms with van der Waals surface area (Å²) < 4.78 is 11.5. The third-order valence-corrected chi connectivity index (χ3v) is 4.92. The van der Waals surface area contributed by atoms with Crippen LogP contribution in [0, 0.1) is 6.92 Å². The largest absolute Gasteiger partial charge is 0.493 e. The van der Waals surface area contributed by atoms with Gasteiger partial charge in [0.15, 0.2) is 0 Å². The SMILES string of the molecule is Cc1ccccc1OCCCN(C)C(=O)c1cccc(OCc2cscn2)c1. The van der Waals surface area contributed by atoms with E-state index in [0.717, 1.165) is 23.4 Å². The Morgan fingerprint density at radius 3 is 2.79 bits per heavy atom. The molecule has 1 heterocycles. The summed E-state index contributed by atoms with van der Waals surface area (Å²) in [4.78, 5) is 18.6. The topological polar surface area (TPSA) is 51.7 Å². The lowest BCUT2D eigenvalue weighted by molar-refractivity contribution is 0.0787. The molecule has 3 aromatic rings. The lowest BCUT2D eigenvalue weighted by Gasteiger charge is -2.18. The molecule has 0 fully saturated rings. The molecule has 28 heavy (non-hydrogen) atoms. The van der Waals surface area contributed by atoms with Crippen LogP contribution in [0.4, 0.5) is 0 Å². The molecule has 0 N–H and O–H groups in total. The van der Waals surface area contributed by atoms with Crippen molar-refractivity contribution in [1.29, 1.82) is 0 Å². The van der Waals surface area contributed by atoms with Crippen molar-refractivity contribution in [3.05, 3.63) is 76.2 Å². The van der Waals surface area contributed by atoms with Gasteiger partial charge in [0.2, 0.25) is 0 Å². The van der Waals surface area contributed by atoms with Gasteiger partial charge in [-0.3, -0.25) is 4.79 Å². The summed E-state index contributed by atoms with van der Waals surface area (Å²) in [6.45, 7) is 3.61.